The van der Waals surface area contributed by atoms with Gasteiger partial charge in [0.05, 0.1) is 17.5 Å². The number of aryl methyl sites for hydroxylation is 1. The van der Waals surface area contributed by atoms with E-state index in [-0.39, 0.29) is 6.04 Å². The van der Waals surface area contributed by atoms with E-state index in [0.717, 1.165) is 31.0 Å². The van der Waals surface area contributed by atoms with E-state index in [9.17, 15) is 0 Å². The minimum absolute atomic E-state index is 0.252. The van der Waals surface area contributed by atoms with Crippen molar-refractivity contribution in [2.75, 3.05) is 13.2 Å². The van der Waals surface area contributed by atoms with Crippen LogP contribution in [-0.2, 0) is 4.74 Å². The third kappa shape index (κ3) is 3.75. The minimum atomic E-state index is 0.252. The lowest BCUT2D eigenvalue weighted by molar-refractivity contribution is 0.0112. The van der Waals surface area contributed by atoms with E-state index in [1.165, 1.54) is 19.3 Å². The molecule has 1 saturated heterocycles. The van der Waals surface area contributed by atoms with Crippen molar-refractivity contribution in [3.05, 3.63) is 23.8 Å². The fourth-order valence-electron chi connectivity index (χ4n) is 2.44. The Morgan fingerprint density at radius 1 is 1.39 bits per heavy atom. The Bertz CT molecular complexity index is 364. The van der Waals surface area contributed by atoms with Crippen molar-refractivity contribution < 1.29 is 4.74 Å². The van der Waals surface area contributed by atoms with E-state index >= 15 is 0 Å². The Morgan fingerprint density at radius 3 is 2.94 bits per heavy atom. The van der Waals surface area contributed by atoms with Gasteiger partial charge in [-0.3, -0.25) is 9.97 Å². The standard InChI is InChI=1S/C14H23N3O/c1-11(14-12(2)16-8-9-17-14)15-7-6-13-5-3-4-10-18-13/h8-9,11,13,15H,3-7,10H2,1-2H3. The monoisotopic (exact) mass is 249 g/mol. The topological polar surface area (TPSA) is 47.0 Å². The van der Waals surface area contributed by atoms with Crippen LogP contribution in [-0.4, -0.2) is 29.2 Å². The zero-order valence-electron chi connectivity index (χ0n) is 11.4. The van der Waals surface area contributed by atoms with Gasteiger partial charge in [0.25, 0.3) is 0 Å². The van der Waals surface area contributed by atoms with Crippen molar-refractivity contribution in [3.63, 3.8) is 0 Å². The van der Waals surface area contributed by atoms with Crippen LogP contribution in [0.3, 0.4) is 0 Å². The van der Waals surface area contributed by atoms with Gasteiger partial charge in [-0.2, -0.15) is 0 Å². The van der Waals surface area contributed by atoms with Gasteiger partial charge in [0.1, 0.15) is 0 Å². The van der Waals surface area contributed by atoms with E-state index < -0.39 is 0 Å². The summed E-state index contributed by atoms with van der Waals surface area (Å²) >= 11 is 0. The van der Waals surface area contributed by atoms with Crippen LogP contribution in [0.15, 0.2) is 12.4 Å². The Kier molecular flexibility index (Phi) is 5.08. The number of nitrogens with zero attached hydrogens (tertiary/aromatic N) is 2. The molecule has 1 aromatic rings. The molecule has 4 heteroatoms. The van der Waals surface area contributed by atoms with Gasteiger partial charge in [-0.1, -0.05) is 0 Å². The molecule has 0 spiro atoms. The molecule has 1 aliphatic rings. The van der Waals surface area contributed by atoms with E-state index in [1.54, 1.807) is 12.4 Å². The minimum Gasteiger partial charge on any atom is -0.378 e. The van der Waals surface area contributed by atoms with Gasteiger partial charge >= 0.3 is 0 Å². The lowest BCUT2D eigenvalue weighted by Crippen LogP contribution is -2.27. The lowest BCUT2D eigenvalue weighted by Gasteiger charge is -2.23. The van der Waals surface area contributed by atoms with Gasteiger partial charge in [-0.05, 0) is 46.1 Å². The van der Waals surface area contributed by atoms with Crippen LogP contribution < -0.4 is 5.32 Å². The van der Waals surface area contributed by atoms with Crippen LogP contribution in [0.1, 0.15) is 50.0 Å². The molecule has 2 unspecified atom stereocenters. The second kappa shape index (κ2) is 6.81. The molecule has 0 bridgehead atoms. The van der Waals surface area contributed by atoms with Crippen molar-refractivity contribution in [2.45, 2.75) is 51.7 Å². The van der Waals surface area contributed by atoms with E-state index in [2.05, 4.69) is 22.2 Å². The molecule has 0 aliphatic carbocycles. The number of hydrogen-bond donors (Lipinski definition) is 1. The van der Waals surface area contributed by atoms with Crippen molar-refractivity contribution >= 4 is 0 Å². The number of hydrogen-bond acceptors (Lipinski definition) is 4. The van der Waals surface area contributed by atoms with Gasteiger partial charge < -0.3 is 10.1 Å². The summed E-state index contributed by atoms with van der Waals surface area (Å²) in [6, 6.07) is 0.252. The zero-order chi connectivity index (χ0) is 12.8. The summed E-state index contributed by atoms with van der Waals surface area (Å²) in [5.41, 5.74) is 2.05. The molecule has 2 heterocycles. The van der Waals surface area contributed by atoms with Crippen molar-refractivity contribution in [3.8, 4) is 0 Å². The second-order valence-corrected chi connectivity index (χ2v) is 4.98. The lowest BCUT2D eigenvalue weighted by atomic mass is 10.1. The van der Waals surface area contributed by atoms with Crippen LogP contribution >= 0.6 is 0 Å². The van der Waals surface area contributed by atoms with E-state index in [4.69, 9.17) is 4.74 Å². The van der Waals surface area contributed by atoms with Crippen LogP contribution in [0, 0.1) is 6.92 Å². The molecule has 2 atom stereocenters. The number of nitrogens with one attached hydrogen (secondary N) is 1. The molecule has 0 radical (unpaired) electrons. The smallest absolute Gasteiger partial charge is 0.0782 e. The number of rotatable bonds is 5. The fourth-order valence-corrected chi connectivity index (χ4v) is 2.44. The average molecular weight is 249 g/mol. The van der Waals surface area contributed by atoms with Crippen LogP contribution in [0.4, 0.5) is 0 Å². The molecule has 1 aromatic heterocycles. The summed E-state index contributed by atoms with van der Waals surface area (Å²) in [6.07, 6.45) is 8.76. The molecular weight excluding hydrogens is 226 g/mol. The van der Waals surface area contributed by atoms with Crippen LogP contribution in [0.25, 0.3) is 0 Å². The largest absolute Gasteiger partial charge is 0.378 e. The quantitative estimate of drug-likeness (QED) is 0.870. The third-order valence-corrected chi connectivity index (χ3v) is 3.52. The zero-order valence-corrected chi connectivity index (χ0v) is 11.4. The van der Waals surface area contributed by atoms with Crippen molar-refractivity contribution in [1.29, 1.82) is 0 Å². The highest BCUT2D eigenvalue weighted by molar-refractivity contribution is 5.12. The molecule has 100 valence electrons. The molecule has 4 nitrogen and oxygen atoms in total. The Labute approximate surface area is 109 Å². The third-order valence-electron chi connectivity index (χ3n) is 3.52. The van der Waals surface area contributed by atoms with Crippen LogP contribution in [0.2, 0.25) is 0 Å². The first-order valence-corrected chi connectivity index (χ1v) is 6.90. The highest BCUT2D eigenvalue weighted by atomic mass is 16.5. The van der Waals surface area contributed by atoms with E-state index in [1.807, 2.05) is 6.92 Å². The summed E-state index contributed by atoms with van der Waals surface area (Å²) in [5, 5.41) is 3.50. The maximum absolute atomic E-state index is 5.72. The summed E-state index contributed by atoms with van der Waals surface area (Å²) in [5.74, 6) is 0. The summed E-state index contributed by atoms with van der Waals surface area (Å²) in [4.78, 5) is 8.66. The highest BCUT2D eigenvalue weighted by Crippen LogP contribution is 2.16. The molecule has 1 aliphatic heterocycles. The first-order chi connectivity index (χ1) is 8.77. The molecule has 2 rings (SSSR count). The van der Waals surface area contributed by atoms with Crippen molar-refractivity contribution in [1.82, 2.24) is 15.3 Å². The first-order valence-electron chi connectivity index (χ1n) is 6.90. The van der Waals surface area contributed by atoms with Crippen molar-refractivity contribution in [2.24, 2.45) is 0 Å². The van der Waals surface area contributed by atoms with E-state index in [0.29, 0.717) is 6.10 Å². The molecule has 0 aromatic carbocycles. The average Bonchev–Trinajstić information content (AvgIpc) is 2.40. The number of ether oxygens (including phenoxy) is 1. The fraction of sp³-hybridized carbons (Fsp3) is 0.714. The molecule has 0 amide bonds. The first kappa shape index (κ1) is 13.4. The Balaban J connectivity index is 1.74. The number of aromatic nitrogens is 2. The van der Waals surface area contributed by atoms with Crippen LogP contribution in [0.5, 0.6) is 0 Å². The second-order valence-electron chi connectivity index (χ2n) is 4.98. The normalized spacial score (nSPS) is 21.8. The summed E-state index contributed by atoms with van der Waals surface area (Å²) in [7, 11) is 0. The van der Waals surface area contributed by atoms with Gasteiger partial charge in [-0.15, -0.1) is 0 Å². The molecule has 1 fully saturated rings. The van der Waals surface area contributed by atoms with Gasteiger partial charge in [0.2, 0.25) is 0 Å². The predicted molar refractivity (Wildman–Crippen MR) is 71.4 cm³/mol. The summed E-state index contributed by atoms with van der Waals surface area (Å²) < 4.78 is 5.72. The molecule has 18 heavy (non-hydrogen) atoms. The summed E-state index contributed by atoms with van der Waals surface area (Å²) in [6.45, 7) is 6.05. The highest BCUT2D eigenvalue weighted by Gasteiger charge is 2.15. The SMILES string of the molecule is Cc1nccnc1C(C)NCCC1CCCCO1. The maximum Gasteiger partial charge on any atom is 0.0782 e. The Hall–Kier alpha value is -1.00. The maximum atomic E-state index is 5.72. The molecule has 1 N–H and O–H groups in total. The predicted octanol–water partition coefficient (Wildman–Crippen LogP) is 2.39. The van der Waals surface area contributed by atoms with Gasteiger partial charge in [0, 0.05) is 25.0 Å². The van der Waals surface area contributed by atoms with Gasteiger partial charge in [-0.25, -0.2) is 0 Å². The Morgan fingerprint density at radius 2 is 2.22 bits per heavy atom. The van der Waals surface area contributed by atoms with Gasteiger partial charge in [0.15, 0.2) is 0 Å². The molecular formula is C14H23N3O. The molecule has 0 saturated carbocycles.